The van der Waals surface area contributed by atoms with E-state index in [2.05, 4.69) is 5.32 Å². The van der Waals surface area contributed by atoms with E-state index in [1.165, 1.54) is 0 Å². The maximum atomic E-state index is 11.6. The van der Waals surface area contributed by atoms with Crippen LogP contribution in [0.1, 0.15) is 34.1 Å². The Morgan fingerprint density at radius 2 is 1.76 bits per heavy atom. The molecule has 1 atom stereocenters. The first-order valence-corrected chi connectivity index (χ1v) is 6.23. The van der Waals surface area contributed by atoms with Crippen LogP contribution in [0.15, 0.2) is 0 Å². The van der Waals surface area contributed by atoms with Crippen LogP contribution in [-0.2, 0) is 9.59 Å². The molecule has 0 aliphatic heterocycles. The molecule has 0 fully saturated rings. The lowest BCUT2D eigenvalue weighted by Crippen LogP contribution is -2.46. The molecule has 0 rings (SSSR count). The fourth-order valence-electron chi connectivity index (χ4n) is 1.60. The van der Waals surface area contributed by atoms with Crippen molar-refractivity contribution in [2.24, 2.45) is 11.7 Å². The maximum Gasteiger partial charge on any atom is 0.241 e. The topological polar surface area (TPSA) is 75.4 Å². The van der Waals surface area contributed by atoms with Crippen LogP contribution in [0.4, 0.5) is 0 Å². The van der Waals surface area contributed by atoms with E-state index in [4.69, 9.17) is 5.73 Å². The van der Waals surface area contributed by atoms with Gasteiger partial charge in [-0.3, -0.25) is 9.59 Å². The minimum absolute atomic E-state index is 0.0340. The predicted octanol–water partition coefficient (Wildman–Crippen LogP) is 0.344. The molecule has 0 aromatic carbocycles. The third-order valence-corrected chi connectivity index (χ3v) is 2.59. The number of rotatable bonds is 7. The molecule has 0 spiro atoms. The van der Waals surface area contributed by atoms with Gasteiger partial charge in [0.1, 0.15) is 0 Å². The highest BCUT2D eigenvalue weighted by Crippen LogP contribution is 2.02. The average Bonchev–Trinajstić information content (AvgIpc) is 2.26. The first-order valence-electron chi connectivity index (χ1n) is 6.23. The van der Waals surface area contributed by atoms with Crippen molar-refractivity contribution >= 4 is 11.8 Å². The molecule has 0 saturated heterocycles. The van der Waals surface area contributed by atoms with Crippen molar-refractivity contribution in [1.29, 1.82) is 0 Å². The zero-order chi connectivity index (χ0) is 13.4. The lowest BCUT2D eigenvalue weighted by molar-refractivity contribution is -0.132. The molecule has 100 valence electrons. The van der Waals surface area contributed by atoms with Crippen molar-refractivity contribution in [2.75, 3.05) is 19.6 Å². The Labute approximate surface area is 104 Å². The molecule has 0 aliphatic carbocycles. The lowest BCUT2D eigenvalue weighted by Gasteiger charge is -2.20. The average molecular weight is 243 g/mol. The summed E-state index contributed by atoms with van der Waals surface area (Å²) < 4.78 is 0. The summed E-state index contributed by atoms with van der Waals surface area (Å²) in [6.45, 7) is 9.18. The zero-order valence-electron chi connectivity index (χ0n) is 11.3. The van der Waals surface area contributed by atoms with Gasteiger partial charge in [0, 0.05) is 13.1 Å². The molecule has 0 saturated carbocycles. The number of nitrogens with one attached hydrogen (secondary N) is 1. The number of hydrogen-bond acceptors (Lipinski definition) is 3. The second-order valence-corrected chi connectivity index (χ2v) is 4.52. The van der Waals surface area contributed by atoms with Gasteiger partial charge in [0.25, 0.3) is 0 Å². The maximum absolute atomic E-state index is 11.6. The Morgan fingerprint density at radius 1 is 1.24 bits per heavy atom. The fraction of sp³-hybridized carbons (Fsp3) is 0.833. The summed E-state index contributed by atoms with van der Waals surface area (Å²) in [6, 6.07) is -0.528. The van der Waals surface area contributed by atoms with Gasteiger partial charge in [0.15, 0.2) is 0 Å². The quantitative estimate of drug-likeness (QED) is 0.677. The number of hydrogen-bond donors (Lipinski definition) is 2. The zero-order valence-corrected chi connectivity index (χ0v) is 11.3. The first-order chi connectivity index (χ1) is 7.92. The standard InChI is InChI=1S/C12H25N3O2/c1-5-15(6-2)11(16)8-14-12(17)10(13)7-9(3)4/h9-10H,5-8,13H2,1-4H3,(H,14,17)/t10-/m0/s1. The minimum atomic E-state index is -0.528. The van der Waals surface area contributed by atoms with Crippen LogP contribution < -0.4 is 11.1 Å². The normalized spacial score (nSPS) is 12.4. The second-order valence-electron chi connectivity index (χ2n) is 4.52. The molecule has 2 amide bonds. The van der Waals surface area contributed by atoms with E-state index in [-0.39, 0.29) is 18.4 Å². The molecule has 5 heteroatoms. The van der Waals surface area contributed by atoms with Crippen LogP contribution in [0.25, 0.3) is 0 Å². The van der Waals surface area contributed by atoms with Gasteiger partial charge in [-0.25, -0.2) is 0 Å². The highest BCUT2D eigenvalue weighted by atomic mass is 16.2. The van der Waals surface area contributed by atoms with E-state index in [9.17, 15) is 9.59 Å². The van der Waals surface area contributed by atoms with Gasteiger partial charge in [-0.2, -0.15) is 0 Å². The number of likely N-dealkylation sites (N-methyl/N-ethyl adjacent to an activating group) is 1. The molecule has 0 heterocycles. The summed E-state index contributed by atoms with van der Waals surface area (Å²) in [5.41, 5.74) is 5.71. The monoisotopic (exact) mass is 243 g/mol. The third-order valence-electron chi connectivity index (χ3n) is 2.59. The summed E-state index contributed by atoms with van der Waals surface area (Å²) >= 11 is 0. The molecule has 0 unspecified atom stereocenters. The van der Waals surface area contributed by atoms with Gasteiger partial charge in [-0.1, -0.05) is 13.8 Å². The van der Waals surface area contributed by atoms with Crippen LogP contribution in [-0.4, -0.2) is 42.4 Å². The minimum Gasteiger partial charge on any atom is -0.346 e. The van der Waals surface area contributed by atoms with Crippen molar-refractivity contribution in [1.82, 2.24) is 10.2 Å². The van der Waals surface area contributed by atoms with Crippen molar-refractivity contribution in [3.05, 3.63) is 0 Å². The van der Waals surface area contributed by atoms with Crippen LogP contribution >= 0.6 is 0 Å². The predicted molar refractivity (Wildman–Crippen MR) is 68.4 cm³/mol. The summed E-state index contributed by atoms with van der Waals surface area (Å²) in [5, 5.41) is 2.58. The molecule has 0 aliphatic rings. The number of nitrogens with zero attached hydrogens (tertiary/aromatic N) is 1. The van der Waals surface area contributed by atoms with Gasteiger partial charge in [0.2, 0.25) is 11.8 Å². The summed E-state index contributed by atoms with van der Waals surface area (Å²) in [6.07, 6.45) is 0.630. The molecule has 5 nitrogen and oxygen atoms in total. The van der Waals surface area contributed by atoms with Crippen molar-refractivity contribution in [3.8, 4) is 0 Å². The number of amides is 2. The van der Waals surface area contributed by atoms with E-state index >= 15 is 0 Å². The second kappa shape index (κ2) is 8.06. The first kappa shape index (κ1) is 15.9. The highest BCUT2D eigenvalue weighted by molar-refractivity contribution is 5.87. The summed E-state index contributed by atoms with van der Waals surface area (Å²) in [7, 11) is 0. The molecule has 0 aromatic rings. The van der Waals surface area contributed by atoms with Gasteiger partial charge >= 0.3 is 0 Å². The van der Waals surface area contributed by atoms with E-state index in [0.717, 1.165) is 0 Å². The van der Waals surface area contributed by atoms with Crippen molar-refractivity contribution in [2.45, 2.75) is 40.2 Å². The van der Waals surface area contributed by atoms with E-state index in [1.54, 1.807) is 4.90 Å². The SMILES string of the molecule is CCN(CC)C(=O)CNC(=O)[C@@H](N)CC(C)C. The Bertz CT molecular complexity index is 250. The molecular weight excluding hydrogens is 218 g/mol. The molecule has 0 bridgehead atoms. The van der Waals surface area contributed by atoms with Gasteiger partial charge in [-0.05, 0) is 26.2 Å². The molecule has 3 N–H and O–H groups in total. The smallest absolute Gasteiger partial charge is 0.241 e. The van der Waals surface area contributed by atoms with Gasteiger partial charge in [-0.15, -0.1) is 0 Å². The Morgan fingerprint density at radius 3 is 2.18 bits per heavy atom. The van der Waals surface area contributed by atoms with E-state index in [0.29, 0.717) is 25.4 Å². The van der Waals surface area contributed by atoms with Gasteiger partial charge in [0.05, 0.1) is 12.6 Å². The Kier molecular flexibility index (Phi) is 7.54. The molecule has 0 aromatic heterocycles. The van der Waals surface area contributed by atoms with Crippen LogP contribution in [0, 0.1) is 5.92 Å². The molecule has 17 heavy (non-hydrogen) atoms. The van der Waals surface area contributed by atoms with Gasteiger partial charge < -0.3 is 16.0 Å². The summed E-state index contributed by atoms with van der Waals surface area (Å²) in [5.74, 6) is 0.0496. The van der Waals surface area contributed by atoms with E-state index in [1.807, 2.05) is 27.7 Å². The number of nitrogens with two attached hydrogens (primary N) is 1. The number of carbonyl (C=O) groups excluding carboxylic acids is 2. The van der Waals surface area contributed by atoms with Crippen LogP contribution in [0.2, 0.25) is 0 Å². The molecule has 0 radical (unpaired) electrons. The fourth-order valence-corrected chi connectivity index (χ4v) is 1.60. The number of carbonyl (C=O) groups is 2. The lowest BCUT2D eigenvalue weighted by atomic mass is 10.0. The van der Waals surface area contributed by atoms with E-state index < -0.39 is 6.04 Å². The largest absolute Gasteiger partial charge is 0.346 e. The Hall–Kier alpha value is -1.10. The van der Waals surface area contributed by atoms with Crippen LogP contribution in [0.5, 0.6) is 0 Å². The highest BCUT2D eigenvalue weighted by Gasteiger charge is 2.16. The summed E-state index contributed by atoms with van der Waals surface area (Å²) in [4.78, 5) is 24.9. The molecular formula is C12H25N3O2. The van der Waals surface area contributed by atoms with Crippen LogP contribution in [0.3, 0.4) is 0 Å². The van der Waals surface area contributed by atoms with Crippen molar-refractivity contribution < 1.29 is 9.59 Å². The third kappa shape index (κ3) is 6.26. The Balaban J connectivity index is 4.02. The van der Waals surface area contributed by atoms with Crippen molar-refractivity contribution in [3.63, 3.8) is 0 Å².